The van der Waals surface area contributed by atoms with E-state index in [4.69, 9.17) is 16.3 Å². The van der Waals surface area contributed by atoms with Crippen LogP contribution in [0, 0.1) is 0 Å². The van der Waals surface area contributed by atoms with Crippen molar-refractivity contribution in [3.63, 3.8) is 0 Å². The molecule has 1 aliphatic rings. The van der Waals surface area contributed by atoms with E-state index >= 15 is 0 Å². The molecule has 1 aliphatic carbocycles. The molecule has 0 saturated heterocycles. The van der Waals surface area contributed by atoms with E-state index in [1.54, 1.807) is 7.05 Å². The number of nitrogens with one attached hydrogen (secondary N) is 2. The van der Waals surface area contributed by atoms with E-state index in [-0.39, 0.29) is 12.5 Å². The molecule has 1 saturated carbocycles. The largest absolute Gasteiger partial charge is 0.484 e. The first-order valence-electron chi connectivity index (χ1n) is 10.2. The molecule has 0 unspecified atom stereocenters. The van der Waals surface area contributed by atoms with E-state index in [1.165, 1.54) is 11.1 Å². The van der Waals surface area contributed by atoms with E-state index in [0.717, 1.165) is 43.3 Å². The molecule has 1 amide bonds. The zero-order valence-corrected chi connectivity index (χ0v) is 18.3. The molecular formula is C23H29ClN4O2. The van der Waals surface area contributed by atoms with Gasteiger partial charge < -0.3 is 20.3 Å². The minimum atomic E-state index is -0.0557. The highest BCUT2D eigenvalue weighted by Gasteiger charge is 2.23. The van der Waals surface area contributed by atoms with E-state index in [0.29, 0.717) is 11.8 Å². The van der Waals surface area contributed by atoms with E-state index in [2.05, 4.69) is 20.5 Å². The fourth-order valence-electron chi connectivity index (χ4n) is 3.04. The zero-order valence-electron chi connectivity index (χ0n) is 17.5. The van der Waals surface area contributed by atoms with Crippen LogP contribution < -0.4 is 15.4 Å². The van der Waals surface area contributed by atoms with Crippen molar-refractivity contribution in [2.75, 3.05) is 27.2 Å². The maximum atomic E-state index is 11.7. The Morgan fingerprint density at radius 3 is 2.43 bits per heavy atom. The molecule has 2 N–H and O–H groups in total. The molecule has 30 heavy (non-hydrogen) atoms. The second-order valence-corrected chi connectivity index (χ2v) is 7.92. The topological polar surface area (TPSA) is 66.0 Å². The van der Waals surface area contributed by atoms with Gasteiger partial charge in [-0.2, -0.15) is 0 Å². The number of aliphatic imine (C=N–C) groups is 1. The Morgan fingerprint density at radius 1 is 1.13 bits per heavy atom. The molecule has 0 aliphatic heterocycles. The highest BCUT2D eigenvalue weighted by atomic mass is 35.5. The summed E-state index contributed by atoms with van der Waals surface area (Å²) in [6.07, 6.45) is 3.02. The van der Waals surface area contributed by atoms with Gasteiger partial charge in [0.1, 0.15) is 5.75 Å². The second kappa shape index (κ2) is 10.9. The Morgan fingerprint density at radius 2 is 1.80 bits per heavy atom. The van der Waals surface area contributed by atoms with Crippen LogP contribution in [0.5, 0.6) is 5.75 Å². The number of benzene rings is 2. The summed E-state index contributed by atoms with van der Waals surface area (Å²) in [5, 5.41) is 7.04. The molecule has 0 aromatic heterocycles. The number of ether oxygens (including phenoxy) is 1. The van der Waals surface area contributed by atoms with E-state index in [1.807, 2.05) is 55.6 Å². The fraction of sp³-hybridized carbons (Fsp3) is 0.391. The molecule has 0 spiro atoms. The van der Waals surface area contributed by atoms with Gasteiger partial charge in [0.2, 0.25) is 0 Å². The van der Waals surface area contributed by atoms with Crippen LogP contribution in [-0.2, 0) is 17.8 Å². The molecule has 160 valence electrons. The van der Waals surface area contributed by atoms with Crippen LogP contribution >= 0.6 is 11.6 Å². The summed E-state index contributed by atoms with van der Waals surface area (Å²) >= 11 is 5.95. The van der Waals surface area contributed by atoms with Crippen molar-refractivity contribution < 1.29 is 9.53 Å². The number of guanidine groups is 1. The van der Waals surface area contributed by atoms with Crippen molar-refractivity contribution >= 4 is 23.5 Å². The predicted molar refractivity (Wildman–Crippen MR) is 121 cm³/mol. The van der Waals surface area contributed by atoms with Gasteiger partial charge in [-0.1, -0.05) is 35.9 Å². The maximum absolute atomic E-state index is 11.7. The van der Waals surface area contributed by atoms with Gasteiger partial charge in [-0.05, 0) is 54.7 Å². The molecule has 2 aromatic carbocycles. The van der Waals surface area contributed by atoms with Crippen molar-refractivity contribution in [3.05, 3.63) is 64.7 Å². The summed E-state index contributed by atoms with van der Waals surface area (Å²) in [5.74, 6) is 1.49. The van der Waals surface area contributed by atoms with Crippen LogP contribution in [0.1, 0.15) is 24.0 Å². The first kappa shape index (κ1) is 22.0. The average molecular weight is 429 g/mol. The number of carbonyl (C=O) groups excluding carboxylic acids is 1. The standard InChI is InChI=1S/C23H29ClN4O2/c1-25-23(28(2)15-18-3-7-19(24)8-4-18)26-14-13-17-5-11-21(12-6-17)30-16-22(29)27-20-9-10-20/h3-8,11-12,20H,9-10,13-16H2,1-2H3,(H,25,26)(H,27,29). The molecule has 1 fully saturated rings. The summed E-state index contributed by atoms with van der Waals surface area (Å²) in [5.41, 5.74) is 2.36. The molecule has 0 radical (unpaired) electrons. The van der Waals surface area contributed by atoms with Crippen LogP contribution in [0.4, 0.5) is 0 Å². The van der Waals surface area contributed by atoms with Crippen LogP contribution in [-0.4, -0.2) is 50.1 Å². The lowest BCUT2D eigenvalue weighted by molar-refractivity contribution is -0.123. The summed E-state index contributed by atoms with van der Waals surface area (Å²) in [7, 11) is 3.79. The summed E-state index contributed by atoms with van der Waals surface area (Å²) in [6.45, 7) is 1.58. The average Bonchev–Trinajstić information content (AvgIpc) is 3.56. The zero-order chi connectivity index (χ0) is 21.3. The lowest BCUT2D eigenvalue weighted by Gasteiger charge is -2.22. The first-order valence-corrected chi connectivity index (χ1v) is 10.6. The first-order chi connectivity index (χ1) is 14.5. The molecule has 7 heteroatoms. The number of hydrogen-bond donors (Lipinski definition) is 2. The van der Waals surface area contributed by atoms with Gasteiger partial charge in [-0.25, -0.2) is 0 Å². The molecule has 3 rings (SSSR count). The third-order valence-corrected chi connectivity index (χ3v) is 5.09. The van der Waals surface area contributed by atoms with Crippen molar-refractivity contribution in [1.82, 2.24) is 15.5 Å². The Bertz CT molecular complexity index is 849. The van der Waals surface area contributed by atoms with Crippen LogP contribution in [0.3, 0.4) is 0 Å². The second-order valence-electron chi connectivity index (χ2n) is 7.48. The Balaban J connectivity index is 1.39. The summed E-state index contributed by atoms with van der Waals surface area (Å²) < 4.78 is 5.55. The third kappa shape index (κ3) is 7.26. The third-order valence-electron chi connectivity index (χ3n) is 4.84. The lowest BCUT2D eigenvalue weighted by Crippen LogP contribution is -2.39. The molecule has 0 bridgehead atoms. The highest BCUT2D eigenvalue weighted by Crippen LogP contribution is 2.18. The van der Waals surface area contributed by atoms with Gasteiger partial charge in [0.15, 0.2) is 12.6 Å². The lowest BCUT2D eigenvalue weighted by atomic mass is 10.1. The summed E-state index contributed by atoms with van der Waals surface area (Å²) in [6, 6.07) is 16.0. The van der Waals surface area contributed by atoms with Gasteiger partial charge in [0, 0.05) is 38.2 Å². The maximum Gasteiger partial charge on any atom is 0.258 e. The minimum absolute atomic E-state index is 0.0557. The number of amides is 1. The van der Waals surface area contributed by atoms with E-state index < -0.39 is 0 Å². The summed E-state index contributed by atoms with van der Waals surface area (Å²) in [4.78, 5) is 18.1. The molecular weight excluding hydrogens is 400 g/mol. The van der Waals surface area contributed by atoms with Gasteiger partial charge >= 0.3 is 0 Å². The molecule has 0 heterocycles. The van der Waals surface area contributed by atoms with Gasteiger partial charge in [0.05, 0.1) is 0 Å². The Hall–Kier alpha value is -2.73. The van der Waals surface area contributed by atoms with Crippen molar-refractivity contribution in [2.45, 2.75) is 31.8 Å². The van der Waals surface area contributed by atoms with Crippen LogP contribution in [0.25, 0.3) is 0 Å². The van der Waals surface area contributed by atoms with Gasteiger partial charge in [-0.3, -0.25) is 9.79 Å². The molecule has 0 atom stereocenters. The SMILES string of the molecule is CN=C(NCCc1ccc(OCC(=O)NC2CC2)cc1)N(C)Cc1ccc(Cl)cc1. The van der Waals surface area contributed by atoms with E-state index in [9.17, 15) is 4.79 Å². The fourth-order valence-corrected chi connectivity index (χ4v) is 3.17. The van der Waals surface area contributed by atoms with Crippen molar-refractivity contribution in [1.29, 1.82) is 0 Å². The monoisotopic (exact) mass is 428 g/mol. The minimum Gasteiger partial charge on any atom is -0.484 e. The van der Waals surface area contributed by atoms with Crippen molar-refractivity contribution in [2.24, 2.45) is 4.99 Å². The molecule has 6 nitrogen and oxygen atoms in total. The Kier molecular flexibility index (Phi) is 7.97. The number of nitrogens with zero attached hydrogens (tertiary/aromatic N) is 2. The highest BCUT2D eigenvalue weighted by molar-refractivity contribution is 6.30. The van der Waals surface area contributed by atoms with Crippen LogP contribution in [0.2, 0.25) is 5.02 Å². The number of carbonyl (C=O) groups is 1. The Labute approximate surface area is 183 Å². The number of halogens is 1. The smallest absolute Gasteiger partial charge is 0.258 e. The van der Waals surface area contributed by atoms with Gasteiger partial charge in [0.25, 0.3) is 5.91 Å². The van der Waals surface area contributed by atoms with Crippen molar-refractivity contribution in [3.8, 4) is 5.75 Å². The molecule has 2 aromatic rings. The number of hydrogen-bond acceptors (Lipinski definition) is 3. The number of rotatable bonds is 9. The normalized spacial score (nSPS) is 13.6. The van der Waals surface area contributed by atoms with Gasteiger partial charge in [-0.15, -0.1) is 0 Å². The quantitative estimate of drug-likeness (QED) is 0.475. The van der Waals surface area contributed by atoms with Crippen LogP contribution in [0.15, 0.2) is 53.5 Å². The predicted octanol–water partition coefficient (Wildman–Crippen LogP) is 3.25.